The summed E-state index contributed by atoms with van der Waals surface area (Å²) in [6, 6.07) is 7.17. The fourth-order valence-electron chi connectivity index (χ4n) is 2.28. The lowest BCUT2D eigenvalue weighted by Crippen LogP contribution is -2.22. The molecule has 1 saturated heterocycles. The van der Waals surface area contributed by atoms with Crippen molar-refractivity contribution in [2.75, 3.05) is 17.2 Å². The van der Waals surface area contributed by atoms with E-state index in [-0.39, 0.29) is 29.8 Å². The summed E-state index contributed by atoms with van der Waals surface area (Å²) >= 11 is 0. The van der Waals surface area contributed by atoms with Crippen LogP contribution in [-0.2, 0) is 14.6 Å². The van der Waals surface area contributed by atoms with Crippen LogP contribution >= 0.6 is 0 Å². The third-order valence-electron chi connectivity index (χ3n) is 3.48. The molecule has 0 bridgehead atoms. The van der Waals surface area contributed by atoms with Crippen molar-refractivity contribution in [3.63, 3.8) is 0 Å². The average molecular weight is 309 g/mol. The number of nitrogens with two attached hydrogens (primary N) is 1. The minimum absolute atomic E-state index is 0.0953. The van der Waals surface area contributed by atoms with Gasteiger partial charge in [-0.25, -0.2) is 13.8 Å². The average Bonchev–Trinajstić information content (AvgIpc) is 2.76. The molecule has 1 aliphatic rings. The molecule has 1 aromatic rings. The zero-order chi connectivity index (χ0) is 15.5. The van der Waals surface area contributed by atoms with Gasteiger partial charge in [-0.15, -0.1) is 0 Å². The minimum atomic E-state index is -2.95. The molecule has 21 heavy (non-hydrogen) atoms. The van der Waals surface area contributed by atoms with Crippen LogP contribution in [-0.4, -0.2) is 31.5 Å². The number of anilines is 1. The maximum absolute atomic E-state index is 11.8. The highest BCUT2D eigenvalue weighted by Crippen LogP contribution is 2.21. The molecule has 114 valence electrons. The molecule has 0 spiro atoms. The maximum atomic E-state index is 11.8. The number of sulfone groups is 1. The number of hydrogen-bond donors (Lipinski definition) is 2. The molecule has 2 rings (SSSR count). The Bertz CT molecular complexity index is 651. The summed E-state index contributed by atoms with van der Waals surface area (Å²) in [5.41, 5.74) is 10.3. The van der Waals surface area contributed by atoms with Crippen LogP contribution < -0.4 is 11.2 Å². The summed E-state index contributed by atoms with van der Waals surface area (Å²) < 4.78 is 22.7. The van der Waals surface area contributed by atoms with E-state index in [1.54, 1.807) is 19.1 Å². The Morgan fingerprint density at radius 2 is 2.05 bits per heavy atom. The predicted molar refractivity (Wildman–Crippen MR) is 82.6 cm³/mol. The molecule has 1 amide bonds. The number of nitrogen functional groups attached to an aromatic ring is 1. The van der Waals surface area contributed by atoms with Crippen LogP contribution in [0.1, 0.15) is 25.3 Å². The second kappa shape index (κ2) is 6.26. The SMILES string of the molecule is C/C(=N/NC(=O)C[C@@H]1CCS(=O)(=O)C1)c1ccc(N)cc1. The quantitative estimate of drug-likeness (QED) is 0.491. The monoisotopic (exact) mass is 309 g/mol. The normalized spacial score (nSPS) is 21.2. The lowest BCUT2D eigenvalue weighted by atomic mass is 10.1. The van der Waals surface area contributed by atoms with Gasteiger partial charge in [-0.05, 0) is 37.0 Å². The number of amides is 1. The van der Waals surface area contributed by atoms with Gasteiger partial charge < -0.3 is 5.73 Å². The van der Waals surface area contributed by atoms with Crippen LogP contribution in [0.25, 0.3) is 0 Å². The standard InChI is InChI=1S/C14H19N3O3S/c1-10(12-2-4-13(15)5-3-12)16-17-14(18)8-11-6-7-21(19,20)9-11/h2-5,11H,6-9,15H2,1H3,(H,17,18)/b16-10-/t11-/m0/s1. The molecule has 0 aliphatic carbocycles. The third kappa shape index (κ3) is 4.56. The Kier molecular flexibility index (Phi) is 4.62. The summed E-state index contributed by atoms with van der Waals surface area (Å²) in [4.78, 5) is 11.8. The van der Waals surface area contributed by atoms with E-state index in [0.717, 1.165) is 5.56 Å². The fourth-order valence-corrected chi connectivity index (χ4v) is 4.14. The summed E-state index contributed by atoms with van der Waals surface area (Å²) in [5.74, 6) is -0.0753. The summed E-state index contributed by atoms with van der Waals surface area (Å²) in [6.45, 7) is 1.78. The van der Waals surface area contributed by atoms with Crippen LogP contribution in [0.2, 0.25) is 0 Å². The van der Waals surface area contributed by atoms with E-state index in [1.807, 2.05) is 12.1 Å². The molecule has 1 aliphatic heterocycles. The van der Waals surface area contributed by atoms with Crippen LogP contribution in [0.3, 0.4) is 0 Å². The smallest absolute Gasteiger partial charge is 0.240 e. The largest absolute Gasteiger partial charge is 0.399 e. The van der Waals surface area contributed by atoms with Gasteiger partial charge >= 0.3 is 0 Å². The first-order valence-corrected chi connectivity index (χ1v) is 8.57. The Labute approximate surface area is 124 Å². The molecule has 0 saturated carbocycles. The number of carbonyl (C=O) groups is 1. The van der Waals surface area contributed by atoms with E-state index >= 15 is 0 Å². The third-order valence-corrected chi connectivity index (χ3v) is 5.31. The number of rotatable bonds is 4. The van der Waals surface area contributed by atoms with Crippen LogP contribution in [0, 0.1) is 5.92 Å². The lowest BCUT2D eigenvalue weighted by Gasteiger charge is -2.06. The van der Waals surface area contributed by atoms with Crippen molar-refractivity contribution in [3.05, 3.63) is 29.8 Å². The van der Waals surface area contributed by atoms with Gasteiger partial charge in [0, 0.05) is 12.1 Å². The van der Waals surface area contributed by atoms with Gasteiger partial charge in [0.15, 0.2) is 9.84 Å². The second-order valence-electron chi connectivity index (χ2n) is 5.33. The number of nitrogens with one attached hydrogen (secondary N) is 1. The lowest BCUT2D eigenvalue weighted by molar-refractivity contribution is -0.121. The molecule has 0 radical (unpaired) electrons. The van der Waals surface area contributed by atoms with Gasteiger partial charge in [0.1, 0.15) is 0 Å². The zero-order valence-corrected chi connectivity index (χ0v) is 12.7. The van der Waals surface area contributed by atoms with Gasteiger partial charge in [0.05, 0.1) is 17.2 Å². The molecule has 3 N–H and O–H groups in total. The Balaban J connectivity index is 1.88. The number of carbonyl (C=O) groups excluding carboxylic acids is 1. The first-order valence-electron chi connectivity index (χ1n) is 6.75. The number of hydrazone groups is 1. The summed E-state index contributed by atoms with van der Waals surface area (Å²) in [7, 11) is -2.95. The van der Waals surface area contributed by atoms with Gasteiger partial charge in [-0.1, -0.05) is 12.1 Å². The number of nitrogens with zero attached hydrogens (tertiary/aromatic N) is 1. The predicted octanol–water partition coefficient (Wildman–Crippen LogP) is 0.934. The summed E-state index contributed by atoms with van der Waals surface area (Å²) in [6.07, 6.45) is 0.744. The Morgan fingerprint density at radius 1 is 1.38 bits per heavy atom. The van der Waals surface area contributed by atoms with E-state index in [9.17, 15) is 13.2 Å². The molecule has 0 unspecified atom stereocenters. The first-order chi connectivity index (χ1) is 9.85. The molecule has 7 heteroatoms. The summed E-state index contributed by atoms with van der Waals surface area (Å²) in [5, 5.41) is 4.03. The highest BCUT2D eigenvalue weighted by Gasteiger charge is 2.29. The van der Waals surface area contributed by atoms with Gasteiger partial charge in [0.2, 0.25) is 5.91 Å². The minimum Gasteiger partial charge on any atom is -0.399 e. The van der Waals surface area contributed by atoms with Crippen molar-refractivity contribution >= 4 is 27.1 Å². The van der Waals surface area contributed by atoms with Gasteiger partial charge in [-0.3, -0.25) is 4.79 Å². The Hall–Kier alpha value is -1.89. The van der Waals surface area contributed by atoms with Gasteiger partial charge in [0.25, 0.3) is 0 Å². The van der Waals surface area contributed by atoms with Crippen LogP contribution in [0.4, 0.5) is 5.69 Å². The highest BCUT2D eigenvalue weighted by molar-refractivity contribution is 7.91. The van der Waals surface area contributed by atoms with E-state index < -0.39 is 9.84 Å². The fraction of sp³-hybridized carbons (Fsp3) is 0.429. The molecule has 1 atom stereocenters. The molecule has 0 aromatic heterocycles. The molecule has 1 heterocycles. The van der Waals surface area contributed by atoms with Crippen molar-refractivity contribution in [3.8, 4) is 0 Å². The van der Waals surface area contributed by atoms with E-state index in [2.05, 4.69) is 10.5 Å². The molecule has 1 aromatic carbocycles. The van der Waals surface area contributed by atoms with Crippen molar-refractivity contribution in [1.29, 1.82) is 0 Å². The number of hydrogen-bond acceptors (Lipinski definition) is 5. The highest BCUT2D eigenvalue weighted by atomic mass is 32.2. The zero-order valence-electron chi connectivity index (χ0n) is 11.9. The van der Waals surface area contributed by atoms with Crippen molar-refractivity contribution in [1.82, 2.24) is 5.43 Å². The number of benzene rings is 1. The Morgan fingerprint density at radius 3 is 2.62 bits per heavy atom. The topological polar surface area (TPSA) is 102 Å². The van der Waals surface area contributed by atoms with Crippen molar-refractivity contribution in [2.24, 2.45) is 11.0 Å². The van der Waals surface area contributed by atoms with E-state index in [1.165, 1.54) is 0 Å². The molecule has 6 nitrogen and oxygen atoms in total. The first kappa shape index (κ1) is 15.5. The maximum Gasteiger partial charge on any atom is 0.240 e. The molecular formula is C14H19N3O3S. The van der Waals surface area contributed by atoms with Crippen LogP contribution in [0.5, 0.6) is 0 Å². The van der Waals surface area contributed by atoms with E-state index in [0.29, 0.717) is 17.8 Å². The molecule has 1 fully saturated rings. The van der Waals surface area contributed by atoms with Gasteiger partial charge in [-0.2, -0.15) is 5.10 Å². The van der Waals surface area contributed by atoms with E-state index in [4.69, 9.17) is 5.73 Å². The second-order valence-corrected chi connectivity index (χ2v) is 7.56. The van der Waals surface area contributed by atoms with Crippen molar-refractivity contribution in [2.45, 2.75) is 19.8 Å². The van der Waals surface area contributed by atoms with Crippen LogP contribution in [0.15, 0.2) is 29.4 Å². The van der Waals surface area contributed by atoms with Crippen molar-refractivity contribution < 1.29 is 13.2 Å². The molecular weight excluding hydrogens is 290 g/mol.